The number of hydrogen-bond acceptors (Lipinski definition) is 3. The molecule has 4 N–H and O–H groups in total. The summed E-state index contributed by atoms with van der Waals surface area (Å²) in [6.07, 6.45) is 1.34. The third kappa shape index (κ3) is 4.23. The highest BCUT2D eigenvalue weighted by Gasteiger charge is 2.28. The Balaban J connectivity index is 2.46. The van der Waals surface area contributed by atoms with Crippen LogP contribution in [0.3, 0.4) is 0 Å². The summed E-state index contributed by atoms with van der Waals surface area (Å²) in [4.78, 5) is 34.9. The van der Waals surface area contributed by atoms with Crippen LogP contribution in [-0.2, 0) is 9.59 Å². The van der Waals surface area contributed by atoms with Gasteiger partial charge < -0.3 is 21.1 Å². The zero-order valence-corrected chi connectivity index (χ0v) is 10.4. The average molecular weight is 257 g/mol. The van der Waals surface area contributed by atoms with E-state index in [0.29, 0.717) is 19.4 Å². The molecular formula is C11H19N3O4. The number of likely N-dealkylation sites (tertiary alicyclic amines) is 1. The SMILES string of the molecule is CC(CC(N)=O)NC(=O)N1CCC[C@@H](C(=O)O)C1. The van der Waals surface area contributed by atoms with Gasteiger partial charge >= 0.3 is 12.0 Å². The lowest BCUT2D eigenvalue weighted by Gasteiger charge is -2.31. The van der Waals surface area contributed by atoms with E-state index in [2.05, 4.69) is 5.32 Å². The number of carbonyl (C=O) groups is 3. The van der Waals surface area contributed by atoms with E-state index in [0.717, 1.165) is 0 Å². The van der Waals surface area contributed by atoms with Crippen molar-refractivity contribution >= 4 is 17.9 Å². The van der Waals surface area contributed by atoms with E-state index < -0.39 is 17.8 Å². The minimum Gasteiger partial charge on any atom is -0.481 e. The zero-order chi connectivity index (χ0) is 13.7. The van der Waals surface area contributed by atoms with Gasteiger partial charge in [0, 0.05) is 25.6 Å². The third-order valence-electron chi connectivity index (χ3n) is 2.94. The van der Waals surface area contributed by atoms with Crippen LogP contribution in [0.4, 0.5) is 4.79 Å². The fraction of sp³-hybridized carbons (Fsp3) is 0.727. The van der Waals surface area contributed by atoms with Crippen LogP contribution in [0.25, 0.3) is 0 Å². The van der Waals surface area contributed by atoms with Crippen molar-refractivity contribution in [3.8, 4) is 0 Å². The molecule has 1 unspecified atom stereocenters. The van der Waals surface area contributed by atoms with Gasteiger partial charge in [-0.3, -0.25) is 9.59 Å². The number of carbonyl (C=O) groups excluding carboxylic acids is 2. The second kappa shape index (κ2) is 6.23. The second-order valence-electron chi connectivity index (χ2n) is 4.64. The van der Waals surface area contributed by atoms with E-state index in [9.17, 15) is 14.4 Å². The van der Waals surface area contributed by atoms with Gasteiger partial charge in [0.05, 0.1) is 5.92 Å². The molecule has 3 amide bonds. The number of nitrogens with one attached hydrogen (secondary N) is 1. The van der Waals surface area contributed by atoms with E-state index in [1.165, 1.54) is 4.90 Å². The first-order valence-corrected chi connectivity index (χ1v) is 5.96. The molecule has 1 fully saturated rings. The maximum Gasteiger partial charge on any atom is 0.317 e. The Kier molecular flexibility index (Phi) is 4.94. The first kappa shape index (κ1) is 14.3. The molecule has 102 valence electrons. The summed E-state index contributed by atoms with van der Waals surface area (Å²) in [7, 11) is 0. The molecule has 7 heteroatoms. The van der Waals surface area contributed by atoms with Crippen molar-refractivity contribution in [2.24, 2.45) is 11.7 Å². The lowest BCUT2D eigenvalue weighted by atomic mass is 9.99. The Labute approximate surface area is 105 Å². The number of nitrogens with two attached hydrogens (primary N) is 1. The fourth-order valence-corrected chi connectivity index (χ4v) is 2.02. The molecular weight excluding hydrogens is 238 g/mol. The predicted octanol–water partition coefficient (Wildman–Crippen LogP) is -0.243. The Bertz CT molecular complexity index is 345. The molecule has 0 aromatic rings. The molecule has 0 bridgehead atoms. The molecule has 1 heterocycles. The van der Waals surface area contributed by atoms with Gasteiger partial charge in [-0.2, -0.15) is 0 Å². The maximum absolute atomic E-state index is 11.8. The summed E-state index contributed by atoms with van der Waals surface area (Å²) >= 11 is 0. The molecule has 1 aliphatic heterocycles. The van der Waals surface area contributed by atoms with Gasteiger partial charge in [0.1, 0.15) is 0 Å². The van der Waals surface area contributed by atoms with Gasteiger partial charge in [0.15, 0.2) is 0 Å². The molecule has 0 aromatic carbocycles. The number of urea groups is 1. The molecule has 1 saturated heterocycles. The number of primary amides is 1. The third-order valence-corrected chi connectivity index (χ3v) is 2.94. The lowest BCUT2D eigenvalue weighted by molar-refractivity contribution is -0.143. The maximum atomic E-state index is 11.8. The predicted molar refractivity (Wildman–Crippen MR) is 63.7 cm³/mol. The fourth-order valence-electron chi connectivity index (χ4n) is 2.02. The highest BCUT2D eigenvalue weighted by atomic mass is 16.4. The number of amides is 3. The summed E-state index contributed by atoms with van der Waals surface area (Å²) in [6, 6.07) is -0.685. The summed E-state index contributed by atoms with van der Waals surface area (Å²) in [6.45, 7) is 2.44. The summed E-state index contributed by atoms with van der Waals surface area (Å²) in [5.41, 5.74) is 5.03. The van der Waals surface area contributed by atoms with Crippen LogP contribution < -0.4 is 11.1 Å². The van der Waals surface area contributed by atoms with Gasteiger partial charge in [0.2, 0.25) is 5.91 Å². The van der Waals surface area contributed by atoms with Crippen molar-refractivity contribution in [3.63, 3.8) is 0 Å². The first-order chi connectivity index (χ1) is 8.40. The van der Waals surface area contributed by atoms with Crippen molar-refractivity contribution in [2.45, 2.75) is 32.2 Å². The average Bonchev–Trinajstić information content (AvgIpc) is 2.27. The Morgan fingerprint density at radius 2 is 2.17 bits per heavy atom. The topological polar surface area (TPSA) is 113 Å². The number of aliphatic carboxylic acids is 1. The van der Waals surface area contributed by atoms with Gasteiger partial charge in [-0.15, -0.1) is 0 Å². The molecule has 1 aliphatic rings. The number of hydrogen-bond donors (Lipinski definition) is 3. The smallest absolute Gasteiger partial charge is 0.317 e. The van der Waals surface area contributed by atoms with E-state index in [4.69, 9.17) is 10.8 Å². The quantitative estimate of drug-likeness (QED) is 0.644. The van der Waals surface area contributed by atoms with E-state index in [-0.39, 0.29) is 25.0 Å². The second-order valence-corrected chi connectivity index (χ2v) is 4.64. The molecule has 0 radical (unpaired) electrons. The number of piperidine rings is 1. The highest BCUT2D eigenvalue weighted by molar-refractivity contribution is 5.78. The van der Waals surface area contributed by atoms with Crippen molar-refractivity contribution in [2.75, 3.05) is 13.1 Å². The van der Waals surface area contributed by atoms with Gasteiger partial charge in [0.25, 0.3) is 0 Å². The van der Waals surface area contributed by atoms with E-state index in [1.807, 2.05) is 0 Å². The monoisotopic (exact) mass is 257 g/mol. The molecule has 2 atom stereocenters. The summed E-state index contributed by atoms with van der Waals surface area (Å²) in [5.74, 6) is -1.86. The number of carboxylic acid groups (broad SMARTS) is 1. The summed E-state index contributed by atoms with van der Waals surface area (Å²) in [5, 5.41) is 11.6. The molecule has 0 spiro atoms. The minimum atomic E-state index is -0.877. The molecule has 18 heavy (non-hydrogen) atoms. The van der Waals surface area contributed by atoms with Crippen LogP contribution in [0.2, 0.25) is 0 Å². The molecule has 7 nitrogen and oxygen atoms in total. The number of rotatable bonds is 4. The van der Waals surface area contributed by atoms with Crippen molar-refractivity contribution in [3.05, 3.63) is 0 Å². The zero-order valence-electron chi connectivity index (χ0n) is 10.4. The number of nitrogens with zero attached hydrogens (tertiary/aromatic N) is 1. The lowest BCUT2D eigenvalue weighted by Crippen LogP contribution is -2.49. The Morgan fingerprint density at radius 1 is 1.50 bits per heavy atom. The van der Waals surface area contributed by atoms with Gasteiger partial charge in [-0.1, -0.05) is 0 Å². The number of carboxylic acids is 1. The van der Waals surface area contributed by atoms with Crippen LogP contribution in [0.1, 0.15) is 26.2 Å². The van der Waals surface area contributed by atoms with Gasteiger partial charge in [-0.05, 0) is 19.8 Å². The molecule has 0 saturated carbocycles. The molecule has 0 aromatic heterocycles. The summed E-state index contributed by atoms with van der Waals surface area (Å²) < 4.78 is 0. The Morgan fingerprint density at radius 3 is 2.72 bits per heavy atom. The van der Waals surface area contributed by atoms with Gasteiger partial charge in [-0.25, -0.2) is 4.79 Å². The van der Waals surface area contributed by atoms with Crippen LogP contribution in [0.5, 0.6) is 0 Å². The standard InChI is InChI=1S/C11H19N3O4/c1-7(5-9(12)15)13-11(18)14-4-2-3-8(6-14)10(16)17/h7-8H,2-6H2,1H3,(H2,12,15)(H,13,18)(H,16,17)/t7?,8-/m1/s1. The largest absolute Gasteiger partial charge is 0.481 e. The van der Waals surface area contributed by atoms with E-state index >= 15 is 0 Å². The van der Waals surface area contributed by atoms with E-state index in [1.54, 1.807) is 6.92 Å². The van der Waals surface area contributed by atoms with Crippen LogP contribution >= 0.6 is 0 Å². The van der Waals surface area contributed by atoms with Crippen molar-refractivity contribution in [1.82, 2.24) is 10.2 Å². The normalized spacial score (nSPS) is 21.2. The van der Waals surface area contributed by atoms with Crippen molar-refractivity contribution in [1.29, 1.82) is 0 Å². The Hall–Kier alpha value is -1.79. The molecule has 0 aliphatic carbocycles. The first-order valence-electron chi connectivity index (χ1n) is 5.96. The van der Waals surface area contributed by atoms with Crippen molar-refractivity contribution < 1.29 is 19.5 Å². The molecule has 1 rings (SSSR count). The highest BCUT2D eigenvalue weighted by Crippen LogP contribution is 2.16. The van der Waals surface area contributed by atoms with Crippen LogP contribution in [0, 0.1) is 5.92 Å². The van der Waals surface area contributed by atoms with Crippen LogP contribution in [0.15, 0.2) is 0 Å². The minimum absolute atomic E-state index is 0.0714. The van der Waals surface area contributed by atoms with Crippen LogP contribution in [-0.4, -0.2) is 47.0 Å².